The molecule has 7 nitrogen and oxygen atoms in total. The molecule has 0 bridgehead atoms. The Bertz CT molecular complexity index is 1050. The van der Waals surface area contributed by atoms with Gasteiger partial charge in [0, 0.05) is 44.3 Å². The summed E-state index contributed by atoms with van der Waals surface area (Å²) in [5, 5.41) is 3.15. The Labute approximate surface area is 183 Å². The molecule has 0 saturated carbocycles. The zero-order valence-electron chi connectivity index (χ0n) is 18.1. The van der Waals surface area contributed by atoms with E-state index in [1.807, 2.05) is 6.92 Å². The normalized spacial score (nSPS) is 11.6. The number of hydrogen-bond donors (Lipinski definition) is 0. The summed E-state index contributed by atoms with van der Waals surface area (Å²) in [6, 6.07) is 6.15. The molecule has 0 fully saturated rings. The fraction of sp³-hybridized carbons (Fsp3) is 0.409. The third kappa shape index (κ3) is 5.12. The van der Waals surface area contributed by atoms with E-state index in [9.17, 15) is 18.0 Å². The molecule has 0 radical (unpaired) electrons. The van der Waals surface area contributed by atoms with Crippen LogP contribution < -0.4 is 9.64 Å². The molecule has 172 valence electrons. The van der Waals surface area contributed by atoms with Crippen molar-refractivity contribution in [2.75, 3.05) is 32.1 Å². The summed E-state index contributed by atoms with van der Waals surface area (Å²) in [5.41, 5.74) is 0.364. The molecule has 10 heteroatoms. The lowest BCUT2D eigenvalue weighted by Gasteiger charge is -2.25. The topological polar surface area (TPSA) is 71.7 Å². The van der Waals surface area contributed by atoms with Gasteiger partial charge in [0.1, 0.15) is 5.75 Å². The average molecular weight is 450 g/mol. The number of benzene rings is 1. The second-order valence-corrected chi connectivity index (χ2v) is 7.37. The molecule has 2 heterocycles. The predicted octanol–water partition coefficient (Wildman–Crippen LogP) is 5.15. The Kier molecular flexibility index (Phi) is 7.22. The maximum Gasteiger partial charge on any atom is 0.437 e. The Morgan fingerprint density at radius 3 is 2.53 bits per heavy atom. The van der Waals surface area contributed by atoms with Gasteiger partial charge in [0.15, 0.2) is 11.3 Å². The summed E-state index contributed by atoms with van der Waals surface area (Å²) in [4.78, 5) is 19.6. The molecule has 0 aliphatic carbocycles. The van der Waals surface area contributed by atoms with Crippen molar-refractivity contribution < 1.29 is 27.2 Å². The van der Waals surface area contributed by atoms with Gasteiger partial charge in [-0.1, -0.05) is 18.5 Å². The second kappa shape index (κ2) is 9.88. The number of nitrogens with zero attached hydrogens (tertiary/aromatic N) is 4. The van der Waals surface area contributed by atoms with Crippen LogP contribution in [0.2, 0.25) is 0 Å². The van der Waals surface area contributed by atoms with E-state index in [1.54, 1.807) is 43.5 Å². The van der Waals surface area contributed by atoms with Crippen molar-refractivity contribution >= 4 is 22.7 Å². The number of aryl methyl sites for hydroxylation is 1. The summed E-state index contributed by atoms with van der Waals surface area (Å²) in [6.45, 7) is 2.66. The first-order chi connectivity index (χ1) is 15.2. The molecule has 1 aromatic carbocycles. The molecule has 3 rings (SSSR count). The number of hydrogen-bond acceptors (Lipinski definition) is 5. The van der Waals surface area contributed by atoms with Crippen molar-refractivity contribution in [2.24, 2.45) is 0 Å². The molecule has 3 aromatic rings. The van der Waals surface area contributed by atoms with Crippen LogP contribution in [0, 0.1) is 0 Å². The van der Waals surface area contributed by atoms with Gasteiger partial charge in [-0.2, -0.15) is 13.2 Å². The first-order valence-electron chi connectivity index (χ1n) is 10.2. The van der Waals surface area contributed by atoms with Gasteiger partial charge in [0.05, 0.1) is 12.0 Å². The smallest absolute Gasteiger partial charge is 0.437 e. The third-order valence-corrected chi connectivity index (χ3v) is 5.03. The number of carbonyl (C=O) groups excluding carboxylic acids is 1. The van der Waals surface area contributed by atoms with E-state index >= 15 is 0 Å². The molecule has 32 heavy (non-hydrogen) atoms. The molecule has 0 saturated heterocycles. The van der Waals surface area contributed by atoms with Crippen LogP contribution in [0.5, 0.6) is 5.75 Å². The number of ether oxygens (including phenoxy) is 1. The number of urea groups is 1. The molecular formula is C22H25F3N4O3. The van der Waals surface area contributed by atoms with Gasteiger partial charge in [-0.05, 0) is 37.1 Å². The van der Waals surface area contributed by atoms with Gasteiger partial charge < -0.3 is 14.2 Å². The number of carbonyl (C=O) groups is 1. The quantitative estimate of drug-likeness (QED) is 0.444. The number of amides is 2. The molecule has 0 atom stereocenters. The van der Waals surface area contributed by atoms with Gasteiger partial charge in [-0.15, -0.1) is 0 Å². The number of rotatable bonds is 8. The summed E-state index contributed by atoms with van der Waals surface area (Å²) in [7, 11) is 3.38. The third-order valence-electron chi connectivity index (χ3n) is 5.03. The predicted molar refractivity (Wildman–Crippen MR) is 114 cm³/mol. The van der Waals surface area contributed by atoms with Crippen molar-refractivity contribution in [1.82, 2.24) is 15.0 Å². The molecule has 0 N–H and O–H groups in total. The van der Waals surface area contributed by atoms with Crippen LogP contribution in [0.25, 0.3) is 11.0 Å². The fourth-order valence-corrected chi connectivity index (χ4v) is 3.38. The largest absolute Gasteiger partial charge is 0.493 e. The number of halogens is 3. The fourth-order valence-electron chi connectivity index (χ4n) is 3.38. The van der Waals surface area contributed by atoms with E-state index < -0.39 is 11.9 Å². The van der Waals surface area contributed by atoms with Gasteiger partial charge in [0.2, 0.25) is 0 Å². The monoisotopic (exact) mass is 450 g/mol. The van der Waals surface area contributed by atoms with E-state index in [-0.39, 0.29) is 17.0 Å². The zero-order chi connectivity index (χ0) is 23.3. The van der Waals surface area contributed by atoms with Gasteiger partial charge in [-0.25, -0.2) is 4.79 Å². The van der Waals surface area contributed by atoms with Crippen molar-refractivity contribution in [1.29, 1.82) is 0 Å². The summed E-state index contributed by atoms with van der Waals surface area (Å²) >= 11 is 0. The Balaban J connectivity index is 1.62. The average Bonchev–Trinajstić information content (AvgIpc) is 3.22. The van der Waals surface area contributed by atoms with Crippen LogP contribution in [-0.2, 0) is 12.6 Å². The highest BCUT2D eigenvalue weighted by atomic mass is 19.4. The lowest BCUT2D eigenvalue weighted by molar-refractivity contribution is -0.141. The van der Waals surface area contributed by atoms with Crippen LogP contribution in [0.15, 0.2) is 41.2 Å². The number of pyridine rings is 1. The Morgan fingerprint density at radius 1 is 1.16 bits per heavy atom. The summed E-state index contributed by atoms with van der Waals surface area (Å²) < 4.78 is 50.3. The number of aromatic nitrogens is 2. The molecular weight excluding hydrogens is 425 g/mol. The molecule has 0 unspecified atom stereocenters. The SMILES string of the molecule is CCCc1c(OCCCN(C)C(=O)N(C)c2ccncc2)ccc2c(C(F)(F)F)noc12. The van der Waals surface area contributed by atoms with Crippen LogP contribution >= 0.6 is 0 Å². The van der Waals surface area contributed by atoms with Crippen LogP contribution in [-0.4, -0.2) is 48.3 Å². The number of anilines is 1. The highest BCUT2D eigenvalue weighted by molar-refractivity contribution is 5.91. The Morgan fingerprint density at radius 2 is 1.88 bits per heavy atom. The lowest BCUT2D eigenvalue weighted by atomic mass is 10.0. The minimum absolute atomic E-state index is 0.0715. The summed E-state index contributed by atoms with van der Waals surface area (Å²) in [5.74, 6) is 0.465. The van der Waals surface area contributed by atoms with Crippen molar-refractivity contribution in [2.45, 2.75) is 32.4 Å². The first kappa shape index (κ1) is 23.4. The van der Waals surface area contributed by atoms with Gasteiger partial charge in [-0.3, -0.25) is 9.88 Å². The number of fused-ring (bicyclic) bond motifs is 1. The van der Waals surface area contributed by atoms with Crippen LogP contribution in [0.4, 0.5) is 23.7 Å². The highest BCUT2D eigenvalue weighted by Crippen LogP contribution is 2.38. The molecule has 2 aromatic heterocycles. The van der Waals surface area contributed by atoms with Crippen molar-refractivity contribution in [3.05, 3.63) is 47.9 Å². The maximum atomic E-state index is 13.1. The lowest BCUT2D eigenvalue weighted by Crippen LogP contribution is -2.39. The minimum atomic E-state index is -4.59. The highest BCUT2D eigenvalue weighted by Gasteiger charge is 2.37. The zero-order valence-corrected chi connectivity index (χ0v) is 18.1. The van der Waals surface area contributed by atoms with E-state index in [1.165, 1.54) is 17.0 Å². The Hall–Kier alpha value is -3.30. The van der Waals surface area contributed by atoms with Crippen molar-refractivity contribution in [3.8, 4) is 5.75 Å². The van der Waals surface area contributed by atoms with Crippen LogP contribution in [0.3, 0.4) is 0 Å². The maximum absolute atomic E-state index is 13.1. The van der Waals surface area contributed by atoms with E-state index in [0.29, 0.717) is 43.7 Å². The molecule has 0 aliphatic heterocycles. The minimum Gasteiger partial charge on any atom is -0.493 e. The second-order valence-electron chi connectivity index (χ2n) is 7.37. The van der Waals surface area contributed by atoms with E-state index in [0.717, 1.165) is 5.69 Å². The first-order valence-corrected chi connectivity index (χ1v) is 10.2. The molecule has 2 amide bonds. The van der Waals surface area contributed by atoms with E-state index in [2.05, 4.69) is 10.1 Å². The summed E-state index contributed by atoms with van der Waals surface area (Å²) in [6.07, 6.45) is 0.385. The molecule has 0 aliphatic rings. The van der Waals surface area contributed by atoms with Gasteiger partial charge >= 0.3 is 12.2 Å². The molecule has 0 spiro atoms. The van der Waals surface area contributed by atoms with Gasteiger partial charge in [0.25, 0.3) is 0 Å². The van der Waals surface area contributed by atoms with E-state index in [4.69, 9.17) is 9.26 Å². The van der Waals surface area contributed by atoms with Crippen LogP contribution in [0.1, 0.15) is 31.0 Å². The van der Waals surface area contributed by atoms with Crippen molar-refractivity contribution in [3.63, 3.8) is 0 Å². The standard InChI is InChI=1S/C22H25F3N4O3/c1-4-6-16-18(8-7-17-19(16)32-27-20(17)22(23,24)25)31-14-5-13-28(2)21(30)29(3)15-9-11-26-12-10-15/h7-12H,4-6,13-14H2,1-3H3. The number of alkyl halides is 3.